The van der Waals surface area contributed by atoms with Crippen molar-refractivity contribution in [2.24, 2.45) is 0 Å². The van der Waals surface area contributed by atoms with Gasteiger partial charge in [-0.3, -0.25) is 0 Å². The molecule has 0 bridgehead atoms. The molecule has 1 heterocycles. The Hall–Kier alpha value is -0.480. The van der Waals surface area contributed by atoms with Crippen LogP contribution in [0.3, 0.4) is 0 Å². The maximum atomic E-state index is 5.49. The molecule has 0 aliphatic rings. The first-order valence-electron chi connectivity index (χ1n) is 4.22. The molecule has 0 atom stereocenters. The normalized spacial score (nSPS) is 11.4. The topological polar surface area (TPSA) is 22.1 Å². The van der Waals surface area contributed by atoms with Gasteiger partial charge in [-0.2, -0.15) is 0 Å². The van der Waals surface area contributed by atoms with Crippen molar-refractivity contribution >= 4 is 46.1 Å². The number of benzene rings is 1. The lowest BCUT2D eigenvalue weighted by atomic mass is 10.2. The number of halogens is 3. The fraction of sp³-hybridized carbons (Fsp3) is 0.100. The maximum absolute atomic E-state index is 5.49. The average molecular weight is 294 g/mol. The highest BCUT2D eigenvalue weighted by Crippen LogP contribution is 2.33. The van der Waals surface area contributed by atoms with Crippen molar-refractivity contribution in [2.45, 2.75) is 3.98 Å². The summed E-state index contributed by atoms with van der Waals surface area (Å²) in [4.78, 5) is 4.19. The largest absolute Gasteiger partial charge is 0.419 e. The third kappa shape index (κ3) is 3.25. The second-order valence-electron chi connectivity index (χ2n) is 2.84. The van der Waals surface area contributed by atoms with E-state index in [9.17, 15) is 0 Å². The Kier molecular flexibility index (Phi) is 3.60. The number of ether oxygens (including phenoxy) is 1. The third-order valence-corrected chi connectivity index (χ3v) is 2.65. The van der Waals surface area contributed by atoms with Crippen molar-refractivity contribution < 1.29 is 4.74 Å². The molecule has 0 unspecified atom stereocenters. The molecule has 2 nitrogen and oxygen atoms in total. The monoisotopic (exact) mass is 292 g/mol. The second kappa shape index (κ2) is 4.80. The van der Waals surface area contributed by atoms with Crippen LogP contribution in [-0.2, 0) is 0 Å². The second-order valence-corrected chi connectivity index (χ2v) is 5.83. The number of nitrogens with zero attached hydrogens (tertiary/aromatic N) is 1. The highest BCUT2D eigenvalue weighted by atomic mass is 35.6. The molecular weight excluding hydrogens is 289 g/mol. The number of hydrogen-bond donors (Lipinski definition) is 0. The predicted molar refractivity (Wildman–Crippen MR) is 67.3 cm³/mol. The quantitative estimate of drug-likeness (QED) is 0.769. The minimum Gasteiger partial charge on any atom is -0.419 e. The Balaban J connectivity index is 2.21. The molecule has 0 saturated heterocycles. The lowest BCUT2D eigenvalue weighted by molar-refractivity contribution is 0.319. The van der Waals surface area contributed by atoms with Gasteiger partial charge >= 0.3 is 3.98 Å². The lowest BCUT2D eigenvalue weighted by Crippen LogP contribution is -2.12. The van der Waals surface area contributed by atoms with Crippen molar-refractivity contribution in [1.29, 1.82) is 0 Å². The first-order valence-corrected chi connectivity index (χ1v) is 6.24. The van der Waals surface area contributed by atoms with Crippen molar-refractivity contribution in [3.05, 3.63) is 35.7 Å². The highest BCUT2D eigenvalue weighted by Gasteiger charge is 2.23. The first-order chi connectivity index (χ1) is 7.54. The molecule has 1 aromatic heterocycles. The van der Waals surface area contributed by atoms with E-state index in [1.807, 2.05) is 29.6 Å². The van der Waals surface area contributed by atoms with Gasteiger partial charge in [0.15, 0.2) is 0 Å². The van der Waals surface area contributed by atoms with Gasteiger partial charge in [0.25, 0.3) is 5.19 Å². The Bertz CT molecular complexity index is 466. The van der Waals surface area contributed by atoms with E-state index in [-0.39, 0.29) is 0 Å². The van der Waals surface area contributed by atoms with Gasteiger partial charge in [-0.1, -0.05) is 35.6 Å². The molecule has 2 aromatic rings. The fourth-order valence-corrected chi connectivity index (χ4v) is 2.18. The summed E-state index contributed by atoms with van der Waals surface area (Å²) < 4.78 is 3.22. The van der Waals surface area contributed by atoms with Crippen molar-refractivity contribution in [3.63, 3.8) is 0 Å². The molecule has 2 rings (SSSR count). The number of aromatic nitrogens is 1. The van der Waals surface area contributed by atoms with Gasteiger partial charge in [-0.25, -0.2) is 4.98 Å². The van der Waals surface area contributed by atoms with E-state index >= 15 is 0 Å². The van der Waals surface area contributed by atoms with E-state index in [1.165, 1.54) is 11.3 Å². The summed E-state index contributed by atoms with van der Waals surface area (Å²) in [6.45, 7) is 0. The average Bonchev–Trinajstić information content (AvgIpc) is 2.65. The first kappa shape index (κ1) is 12.0. The van der Waals surface area contributed by atoms with Gasteiger partial charge < -0.3 is 4.74 Å². The molecular formula is C10H5Cl3NOS. The summed E-state index contributed by atoms with van der Waals surface area (Å²) in [5.74, 6) is 0. The molecule has 83 valence electrons. The Morgan fingerprint density at radius 1 is 1.25 bits per heavy atom. The summed E-state index contributed by atoms with van der Waals surface area (Å²) in [7, 11) is 0. The van der Waals surface area contributed by atoms with Crippen molar-refractivity contribution in [3.8, 4) is 16.5 Å². The molecule has 0 aliphatic heterocycles. The molecule has 0 fully saturated rings. The maximum Gasteiger partial charge on any atom is 0.340 e. The highest BCUT2D eigenvalue weighted by molar-refractivity contribution is 7.11. The molecule has 1 radical (unpaired) electrons. The van der Waals surface area contributed by atoms with Crippen LogP contribution in [0.5, 0.6) is 5.19 Å². The Morgan fingerprint density at radius 2 is 1.94 bits per heavy atom. The Labute approximate surface area is 112 Å². The van der Waals surface area contributed by atoms with Crippen LogP contribution < -0.4 is 4.74 Å². The van der Waals surface area contributed by atoms with Crippen molar-refractivity contribution in [1.82, 2.24) is 4.98 Å². The zero-order chi connectivity index (χ0) is 11.6. The molecule has 0 aliphatic carbocycles. The van der Waals surface area contributed by atoms with E-state index in [0.29, 0.717) is 5.19 Å². The van der Waals surface area contributed by atoms with Crippen LogP contribution in [0.2, 0.25) is 0 Å². The van der Waals surface area contributed by atoms with E-state index in [2.05, 4.69) is 11.1 Å². The summed E-state index contributed by atoms with van der Waals surface area (Å²) in [6, 6.07) is 10.3. The van der Waals surface area contributed by atoms with Gasteiger partial charge in [0, 0.05) is 10.9 Å². The summed E-state index contributed by atoms with van der Waals surface area (Å²) >= 11 is 17.8. The summed E-state index contributed by atoms with van der Waals surface area (Å²) in [5, 5.41) is 2.16. The minimum absolute atomic E-state index is 0.322. The third-order valence-electron chi connectivity index (χ3n) is 1.70. The molecule has 6 heteroatoms. The number of hydrogen-bond acceptors (Lipinski definition) is 3. The van der Waals surface area contributed by atoms with E-state index in [4.69, 9.17) is 39.5 Å². The molecule has 1 aromatic carbocycles. The summed E-state index contributed by atoms with van der Waals surface area (Å²) in [5.41, 5.74) is 1.75. The van der Waals surface area contributed by atoms with Gasteiger partial charge in [-0.05, 0) is 40.9 Å². The molecule has 0 saturated carbocycles. The number of alkyl halides is 3. The molecule has 16 heavy (non-hydrogen) atoms. The van der Waals surface area contributed by atoms with Crippen LogP contribution in [0.4, 0.5) is 0 Å². The molecule has 0 amide bonds. The van der Waals surface area contributed by atoms with Crippen LogP contribution in [0, 0.1) is 6.07 Å². The van der Waals surface area contributed by atoms with Crippen LogP contribution in [0.25, 0.3) is 11.3 Å². The fourth-order valence-electron chi connectivity index (χ4n) is 1.09. The smallest absolute Gasteiger partial charge is 0.340 e. The zero-order valence-corrected chi connectivity index (χ0v) is 10.9. The predicted octanol–water partition coefficient (Wildman–Crippen LogP) is 4.32. The van der Waals surface area contributed by atoms with Crippen LogP contribution >= 0.6 is 46.1 Å². The van der Waals surface area contributed by atoms with E-state index in [1.54, 1.807) is 0 Å². The van der Waals surface area contributed by atoms with Crippen molar-refractivity contribution in [2.75, 3.05) is 0 Å². The van der Waals surface area contributed by atoms with Crippen LogP contribution in [0.15, 0.2) is 29.6 Å². The standard InChI is InChI=1S/C10H5Cl3NOS/c11-10(12,13)15-9-14-8(6-16-9)7-4-2-1-3-5-7/h2-6H. The van der Waals surface area contributed by atoms with Crippen LogP contribution in [-0.4, -0.2) is 8.96 Å². The van der Waals surface area contributed by atoms with Gasteiger partial charge in [0.05, 0.1) is 5.69 Å². The summed E-state index contributed by atoms with van der Waals surface area (Å²) in [6.07, 6.45) is 0. The van der Waals surface area contributed by atoms with Gasteiger partial charge in [0.2, 0.25) is 0 Å². The lowest BCUT2D eigenvalue weighted by Gasteiger charge is -2.09. The van der Waals surface area contributed by atoms with Crippen LogP contribution in [0.1, 0.15) is 0 Å². The molecule has 0 spiro atoms. The van der Waals surface area contributed by atoms with E-state index in [0.717, 1.165) is 11.3 Å². The van der Waals surface area contributed by atoms with Gasteiger partial charge in [0.1, 0.15) is 0 Å². The molecule has 0 N–H and O–H groups in total. The Morgan fingerprint density at radius 3 is 2.56 bits per heavy atom. The zero-order valence-electron chi connectivity index (χ0n) is 7.78. The number of rotatable bonds is 2. The van der Waals surface area contributed by atoms with Gasteiger partial charge in [-0.15, -0.1) is 0 Å². The minimum atomic E-state index is -1.78. The SMILES string of the molecule is ClC(Cl)(Cl)Oc1nc(-c2cc[c]cc2)cs1. The number of thiazole rings is 1. The van der Waals surface area contributed by atoms with E-state index < -0.39 is 3.98 Å².